The van der Waals surface area contributed by atoms with E-state index in [1.54, 1.807) is 18.9 Å². The number of fused-ring (bicyclic) bond motifs is 1. The van der Waals surface area contributed by atoms with Crippen LogP contribution in [0.2, 0.25) is 0 Å². The van der Waals surface area contributed by atoms with Crippen LogP contribution < -0.4 is 10.1 Å². The number of aromatic nitrogens is 1. The fourth-order valence-electron chi connectivity index (χ4n) is 2.36. The van der Waals surface area contributed by atoms with Crippen molar-refractivity contribution in [2.45, 2.75) is 18.2 Å². The minimum atomic E-state index is 0.273. The average Bonchev–Trinajstić information content (AvgIpc) is 3.01. The molecule has 0 aliphatic rings. The molecule has 1 heterocycles. The van der Waals surface area contributed by atoms with Gasteiger partial charge in [0.1, 0.15) is 11.3 Å². The summed E-state index contributed by atoms with van der Waals surface area (Å²) in [6.07, 6.45) is 0. The van der Waals surface area contributed by atoms with E-state index in [-0.39, 0.29) is 6.04 Å². The quantitative estimate of drug-likeness (QED) is 0.518. The lowest BCUT2D eigenvalue weighted by atomic mass is 10.1. The number of oxazole rings is 1. The Morgan fingerprint density at radius 1 is 1.22 bits per heavy atom. The summed E-state index contributed by atoms with van der Waals surface area (Å²) < 4.78 is 11.0. The van der Waals surface area contributed by atoms with Crippen LogP contribution in [0.3, 0.4) is 0 Å². The molecule has 0 bridgehead atoms. The number of ether oxygens (including phenoxy) is 1. The number of benzene rings is 2. The van der Waals surface area contributed by atoms with Crippen LogP contribution in [0.1, 0.15) is 18.5 Å². The van der Waals surface area contributed by atoms with Crippen LogP contribution in [-0.2, 0) is 0 Å². The molecule has 5 heteroatoms. The molecule has 4 nitrogen and oxygen atoms in total. The van der Waals surface area contributed by atoms with Crippen molar-refractivity contribution in [2.24, 2.45) is 0 Å². The molecule has 1 aromatic heterocycles. The zero-order chi connectivity index (χ0) is 16.1. The summed E-state index contributed by atoms with van der Waals surface area (Å²) in [5.41, 5.74) is 2.97. The molecule has 0 aliphatic carbocycles. The van der Waals surface area contributed by atoms with Crippen molar-refractivity contribution >= 4 is 22.9 Å². The summed E-state index contributed by atoms with van der Waals surface area (Å²) in [5, 5.41) is 4.23. The lowest BCUT2D eigenvalue weighted by molar-refractivity contribution is 0.413. The molecular weight excluding hydrogens is 308 g/mol. The molecule has 23 heavy (non-hydrogen) atoms. The average molecular weight is 328 g/mol. The van der Waals surface area contributed by atoms with Crippen molar-refractivity contribution in [3.8, 4) is 5.75 Å². The maximum absolute atomic E-state index is 5.70. The monoisotopic (exact) mass is 328 g/mol. The molecule has 3 rings (SSSR count). The Morgan fingerprint density at radius 3 is 2.91 bits per heavy atom. The van der Waals surface area contributed by atoms with E-state index in [9.17, 15) is 0 Å². The van der Waals surface area contributed by atoms with Crippen molar-refractivity contribution in [1.29, 1.82) is 0 Å². The molecule has 3 aromatic rings. The molecule has 0 saturated carbocycles. The van der Waals surface area contributed by atoms with Gasteiger partial charge >= 0.3 is 0 Å². The minimum absolute atomic E-state index is 0.273. The van der Waals surface area contributed by atoms with Crippen LogP contribution >= 0.6 is 11.8 Å². The summed E-state index contributed by atoms with van der Waals surface area (Å²) in [6, 6.07) is 16.2. The van der Waals surface area contributed by atoms with Gasteiger partial charge < -0.3 is 14.5 Å². The molecule has 0 aliphatic heterocycles. The topological polar surface area (TPSA) is 47.3 Å². The SMILES string of the molecule is COc1cccc([C@@H](C)NCCSc2nc3ccccc3o2)c1. The van der Waals surface area contributed by atoms with Gasteiger partial charge in [-0.3, -0.25) is 0 Å². The Morgan fingerprint density at radius 2 is 2.09 bits per heavy atom. The van der Waals surface area contributed by atoms with E-state index in [0.717, 1.165) is 34.4 Å². The van der Waals surface area contributed by atoms with E-state index in [0.29, 0.717) is 0 Å². The second-order valence-electron chi connectivity index (χ2n) is 5.25. The van der Waals surface area contributed by atoms with Gasteiger partial charge in [-0.2, -0.15) is 0 Å². The van der Waals surface area contributed by atoms with E-state index in [2.05, 4.69) is 29.4 Å². The van der Waals surface area contributed by atoms with Crippen molar-refractivity contribution in [2.75, 3.05) is 19.4 Å². The second-order valence-corrected chi connectivity index (χ2v) is 6.29. The molecule has 0 saturated heterocycles. The molecule has 0 fully saturated rings. The lowest BCUT2D eigenvalue weighted by Crippen LogP contribution is -2.21. The van der Waals surface area contributed by atoms with Crippen molar-refractivity contribution in [3.05, 3.63) is 54.1 Å². The highest BCUT2D eigenvalue weighted by Gasteiger charge is 2.08. The largest absolute Gasteiger partial charge is 0.497 e. The van der Waals surface area contributed by atoms with E-state index < -0.39 is 0 Å². The summed E-state index contributed by atoms with van der Waals surface area (Å²) in [6.45, 7) is 3.03. The highest BCUT2D eigenvalue weighted by Crippen LogP contribution is 2.23. The maximum atomic E-state index is 5.70. The van der Waals surface area contributed by atoms with Crippen molar-refractivity contribution < 1.29 is 9.15 Å². The number of methoxy groups -OCH3 is 1. The molecule has 120 valence electrons. The van der Waals surface area contributed by atoms with Gasteiger partial charge in [-0.05, 0) is 36.8 Å². The van der Waals surface area contributed by atoms with Crippen LogP contribution in [0.5, 0.6) is 5.75 Å². The second kappa shape index (κ2) is 7.53. The van der Waals surface area contributed by atoms with Crippen molar-refractivity contribution in [3.63, 3.8) is 0 Å². The Kier molecular flexibility index (Phi) is 5.20. The van der Waals surface area contributed by atoms with E-state index in [1.807, 2.05) is 36.4 Å². The van der Waals surface area contributed by atoms with Gasteiger partial charge in [-0.25, -0.2) is 4.98 Å². The molecule has 0 radical (unpaired) electrons. The van der Waals surface area contributed by atoms with Crippen LogP contribution in [0, 0.1) is 0 Å². The number of nitrogens with zero attached hydrogens (tertiary/aromatic N) is 1. The number of para-hydroxylation sites is 2. The predicted molar refractivity (Wildman–Crippen MR) is 94.1 cm³/mol. The number of hydrogen-bond acceptors (Lipinski definition) is 5. The summed E-state index contributed by atoms with van der Waals surface area (Å²) in [5.74, 6) is 1.79. The maximum Gasteiger partial charge on any atom is 0.256 e. The summed E-state index contributed by atoms with van der Waals surface area (Å²) in [4.78, 5) is 4.46. The molecule has 2 aromatic carbocycles. The lowest BCUT2D eigenvalue weighted by Gasteiger charge is -2.14. The first-order valence-corrected chi connectivity index (χ1v) is 8.60. The predicted octanol–water partition coefficient (Wildman–Crippen LogP) is 4.28. The zero-order valence-electron chi connectivity index (χ0n) is 13.3. The van der Waals surface area contributed by atoms with E-state index >= 15 is 0 Å². The molecule has 1 atom stereocenters. The van der Waals surface area contributed by atoms with Crippen LogP contribution in [0.4, 0.5) is 0 Å². The Bertz CT molecular complexity index is 739. The molecule has 1 N–H and O–H groups in total. The third kappa shape index (κ3) is 4.06. The third-order valence-corrected chi connectivity index (χ3v) is 4.48. The normalized spacial score (nSPS) is 12.4. The number of nitrogens with one attached hydrogen (secondary N) is 1. The first-order chi connectivity index (χ1) is 11.3. The Labute approximate surface area is 140 Å². The van der Waals surface area contributed by atoms with Crippen molar-refractivity contribution in [1.82, 2.24) is 10.3 Å². The first kappa shape index (κ1) is 15.9. The van der Waals surface area contributed by atoms with E-state index in [1.165, 1.54) is 5.56 Å². The molecule has 0 unspecified atom stereocenters. The fourth-order valence-corrected chi connectivity index (χ4v) is 3.06. The van der Waals surface area contributed by atoms with Crippen LogP contribution in [0.25, 0.3) is 11.1 Å². The number of hydrogen-bond donors (Lipinski definition) is 1. The Hall–Kier alpha value is -1.98. The smallest absolute Gasteiger partial charge is 0.256 e. The van der Waals surface area contributed by atoms with Gasteiger partial charge in [-0.1, -0.05) is 36.0 Å². The molecule has 0 amide bonds. The standard InChI is InChI=1S/C18H20N2O2S/c1-13(14-6-5-7-15(12-14)21-2)19-10-11-23-18-20-16-8-3-4-9-17(16)22-18/h3-9,12-13,19H,10-11H2,1-2H3/t13-/m1/s1. The van der Waals surface area contributed by atoms with E-state index in [4.69, 9.17) is 9.15 Å². The number of rotatable bonds is 7. The third-order valence-electron chi connectivity index (χ3n) is 3.65. The Balaban J connectivity index is 1.49. The van der Waals surface area contributed by atoms with Gasteiger partial charge in [0, 0.05) is 18.3 Å². The van der Waals surface area contributed by atoms with Crippen LogP contribution in [0.15, 0.2) is 58.2 Å². The molecule has 0 spiro atoms. The molecular formula is C18H20N2O2S. The zero-order valence-corrected chi connectivity index (χ0v) is 14.1. The van der Waals surface area contributed by atoms with Gasteiger partial charge in [0.15, 0.2) is 5.58 Å². The van der Waals surface area contributed by atoms with Gasteiger partial charge in [0.25, 0.3) is 5.22 Å². The highest BCUT2D eigenvalue weighted by molar-refractivity contribution is 7.99. The summed E-state index contributed by atoms with van der Waals surface area (Å²) in [7, 11) is 1.69. The van der Waals surface area contributed by atoms with Gasteiger partial charge in [0.05, 0.1) is 7.11 Å². The first-order valence-electron chi connectivity index (χ1n) is 7.62. The minimum Gasteiger partial charge on any atom is -0.497 e. The van der Waals surface area contributed by atoms with Crippen LogP contribution in [-0.4, -0.2) is 24.4 Å². The summed E-state index contributed by atoms with van der Waals surface area (Å²) >= 11 is 1.63. The van der Waals surface area contributed by atoms with Gasteiger partial charge in [0.2, 0.25) is 0 Å². The highest BCUT2D eigenvalue weighted by atomic mass is 32.2. The number of thioether (sulfide) groups is 1. The fraction of sp³-hybridized carbons (Fsp3) is 0.278. The van der Waals surface area contributed by atoms with Gasteiger partial charge in [-0.15, -0.1) is 0 Å².